The van der Waals surface area contributed by atoms with Crippen LogP contribution >= 0.6 is 15.9 Å². The van der Waals surface area contributed by atoms with E-state index in [0.29, 0.717) is 13.0 Å². The highest BCUT2D eigenvalue weighted by atomic mass is 79.9. The first-order valence-corrected chi connectivity index (χ1v) is 10.2. The van der Waals surface area contributed by atoms with Gasteiger partial charge in [0.15, 0.2) is 0 Å². The normalized spacial score (nSPS) is 18.1. The molecule has 1 aliphatic heterocycles. The minimum absolute atomic E-state index is 0.0340. The van der Waals surface area contributed by atoms with Crippen molar-refractivity contribution in [2.45, 2.75) is 38.8 Å². The molecule has 0 spiro atoms. The van der Waals surface area contributed by atoms with Crippen molar-refractivity contribution in [1.29, 1.82) is 0 Å². The van der Waals surface area contributed by atoms with E-state index in [4.69, 9.17) is 4.74 Å². The van der Waals surface area contributed by atoms with Gasteiger partial charge >= 0.3 is 12.0 Å². The molecule has 1 aromatic carbocycles. The second-order valence-corrected chi connectivity index (χ2v) is 7.92. The highest BCUT2D eigenvalue weighted by Crippen LogP contribution is 2.34. The van der Waals surface area contributed by atoms with Crippen LogP contribution in [0.1, 0.15) is 43.3 Å². The maximum absolute atomic E-state index is 13.2. The third-order valence-electron chi connectivity index (χ3n) is 5.32. The number of nitrogens with zero attached hydrogens (tertiary/aromatic N) is 2. The van der Waals surface area contributed by atoms with Crippen LogP contribution in [0.15, 0.2) is 35.1 Å². The van der Waals surface area contributed by atoms with Crippen molar-refractivity contribution in [3.8, 4) is 0 Å². The average Bonchev–Trinajstić information content (AvgIpc) is 3.19. The largest absolute Gasteiger partial charge is 0.467 e. The summed E-state index contributed by atoms with van der Waals surface area (Å²) in [5.41, 5.74) is 2.83. The summed E-state index contributed by atoms with van der Waals surface area (Å²) in [6, 6.07) is 6.55. The molecule has 3 rings (SSSR count). The number of esters is 1. The van der Waals surface area contributed by atoms with E-state index < -0.39 is 12.0 Å². The smallest absolute Gasteiger partial charge is 0.328 e. The van der Waals surface area contributed by atoms with Gasteiger partial charge in [0.1, 0.15) is 12.1 Å². The molecule has 150 valence electrons. The first-order chi connectivity index (χ1) is 13.5. The summed E-state index contributed by atoms with van der Waals surface area (Å²) < 4.78 is 5.86. The number of halogens is 1. The van der Waals surface area contributed by atoms with Crippen LogP contribution in [-0.2, 0) is 16.0 Å². The number of benzene rings is 1. The quantitative estimate of drug-likeness (QED) is 0.685. The lowest BCUT2D eigenvalue weighted by Gasteiger charge is -2.36. The third-order valence-corrected chi connectivity index (χ3v) is 5.85. The van der Waals surface area contributed by atoms with Gasteiger partial charge in [-0.25, -0.2) is 14.6 Å². The molecule has 2 aromatic rings. The number of hydrogen-bond acceptors (Lipinski definition) is 4. The number of amides is 2. The number of nitrogens with one attached hydrogen (secondary N) is 2. The first kappa shape index (κ1) is 20.4. The van der Waals surface area contributed by atoms with Gasteiger partial charge in [-0.05, 0) is 23.6 Å². The number of fused-ring (bicyclic) bond motifs is 1. The zero-order valence-electron chi connectivity index (χ0n) is 16.2. The zero-order valence-corrected chi connectivity index (χ0v) is 17.8. The molecule has 1 aliphatic rings. The van der Waals surface area contributed by atoms with Crippen molar-refractivity contribution in [1.82, 2.24) is 20.2 Å². The van der Waals surface area contributed by atoms with E-state index >= 15 is 0 Å². The maximum Gasteiger partial charge on any atom is 0.328 e. The molecule has 3 atom stereocenters. The predicted octanol–water partition coefficient (Wildman–Crippen LogP) is 3.42. The van der Waals surface area contributed by atoms with Gasteiger partial charge in [0.2, 0.25) is 0 Å². The maximum atomic E-state index is 13.2. The Bertz CT molecular complexity index is 836. The van der Waals surface area contributed by atoms with E-state index in [-0.39, 0.29) is 18.0 Å². The SMILES string of the molecule is CC[C@@H](C)[C@@H](NC(=O)N1CCc2[nH]cnc2[C@@H]1c1ccc(Br)cc1)C(=O)OC. The minimum Gasteiger partial charge on any atom is -0.467 e. The second kappa shape index (κ2) is 8.77. The summed E-state index contributed by atoms with van der Waals surface area (Å²) in [6.07, 6.45) is 3.09. The molecule has 7 nitrogen and oxygen atoms in total. The minimum atomic E-state index is -0.686. The molecule has 2 amide bonds. The molecular weight excluding hydrogens is 424 g/mol. The Hall–Kier alpha value is -2.35. The van der Waals surface area contributed by atoms with Gasteiger partial charge in [-0.2, -0.15) is 0 Å². The molecule has 2 N–H and O–H groups in total. The number of carbonyl (C=O) groups is 2. The Labute approximate surface area is 173 Å². The molecule has 1 aromatic heterocycles. The van der Waals surface area contributed by atoms with Crippen LogP contribution in [0.25, 0.3) is 0 Å². The van der Waals surface area contributed by atoms with Gasteiger partial charge < -0.3 is 19.9 Å². The lowest BCUT2D eigenvalue weighted by molar-refractivity contribution is -0.144. The molecule has 0 fully saturated rings. The molecule has 0 unspecified atom stereocenters. The van der Waals surface area contributed by atoms with Gasteiger partial charge in [0, 0.05) is 23.1 Å². The average molecular weight is 449 g/mol. The number of hydrogen-bond donors (Lipinski definition) is 2. The standard InChI is InChI=1S/C20H25BrN4O3/c1-4-12(2)16(19(26)28-3)24-20(27)25-10-9-15-17(23-11-22-15)18(25)13-5-7-14(21)8-6-13/h5-8,11-12,16,18H,4,9-10H2,1-3H3,(H,22,23)(H,24,27)/t12-,16-,18+/m1/s1. The van der Waals surface area contributed by atoms with Crippen LogP contribution in [0.2, 0.25) is 0 Å². The number of methoxy groups -OCH3 is 1. The third kappa shape index (κ3) is 4.06. The van der Waals surface area contributed by atoms with Gasteiger partial charge in [0.05, 0.1) is 19.1 Å². The van der Waals surface area contributed by atoms with Crippen molar-refractivity contribution in [2.24, 2.45) is 5.92 Å². The molecule has 8 heteroatoms. The van der Waals surface area contributed by atoms with Crippen LogP contribution in [-0.4, -0.2) is 46.6 Å². The van der Waals surface area contributed by atoms with E-state index in [9.17, 15) is 9.59 Å². The molecule has 0 bridgehead atoms. The second-order valence-electron chi connectivity index (χ2n) is 7.00. The fourth-order valence-corrected chi connectivity index (χ4v) is 3.75. The zero-order chi connectivity index (χ0) is 20.3. The number of rotatable bonds is 5. The summed E-state index contributed by atoms with van der Waals surface area (Å²) >= 11 is 3.45. The van der Waals surface area contributed by atoms with Gasteiger partial charge in [-0.3, -0.25) is 0 Å². The van der Waals surface area contributed by atoms with Gasteiger partial charge in [0.25, 0.3) is 0 Å². The number of aromatic amines is 1. The molecule has 2 heterocycles. The van der Waals surface area contributed by atoms with E-state index in [2.05, 4.69) is 31.2 Å². The predicted molar refractivity (Wildman–Crippen MR) is 109 cm³/mol. The van der Waals surface area contributed by atoms with Crippen LogP contribution in [0.5, 0.6) is 0 Å². The summed E-state index contributed by atoms with van der Waals surface area (Å²) in [5, 5.41) is 2.89. The van der Waals surface area contributed by atoms with Crippen LogP contribution < -0.4 is 5.32 Å². The van der Waals surface area contributed by atoms with Crippen molar-refractivity contribution in [2.75, 3.05) is 13.7 Å². The van der Waals surface area contributed by atoms with Crippen LogP contribution in [0, 0.1) is 5.92 Å². The van der Waals surface area contributed by atoms with E-state index in [1.165, 1.54) is 7.11 Å². The number of ether oxygens (including phenoxy) is 1. The van der Waals surface area contributed by atoms with Crippen LogP contribution in [0.4, 0.5) is 4.79 Å². The fourth-order valence-electron chi connectivity index (χ4n) is 3.49. The number of imidazole rings is 1. The van der Waals surface area contributed by atoms with Crippen molar-refractivity contribution in [3.63, 3.8) is 0 Å². The number of H-pyrrole nitrogens is 1. The molecule has 0 aliphatic carbocycles. The van der Waals surface area contributed by atoms with Crippen molar-refractivity contribution >= 4 is 27.9 Å². The Morgan fingerprint density at radius 2 is 2.11 bits per heavy atom. The van der Waals surface area contributed by atoms with E-state index in [0.717, 1.165) is 27.8 Å². The Morgan fingerprint density at radius 3 is 2.75 bits per heavy atom. The van der Waals surface area contributed by atoms with Gasteiger partial charge in [-0.15, -0.1) is 0 Å². The molecular formula is C20H25BrN4O3. The monoisotopic (exact) mass is 448 g/mol. The molecule has 0 saturated carbocycles. The lowest BCUT2D eigenvalue weighted by atomic mass is 9.95. The molecule has 0 saturated heterocycles. The molecule has 0 radical (unpaired) electrons. The topological polar surface area (TPSA) is 87.3 Å². The van der Waals surface area contributed by atoms with E-state index in [1.807, 2.05) is 38.1 Å². The summed E-state index contributed by atoms with van der Waals surface area (Å²) in [6.45, 7) is 4.43. The van der Waals surface area contributed by atoms with E-state index in [1.54, 1.807) is 11.2 Å². The van der Waals surface area contributed by atoms with Crippen molar-refractivity contribution in [3.05, 3.63) is 52.0 Å². The Kier molecular flexibility index (Phi) is 6.39. The van der Waals surface area contributed by atoms with Crippen molar-refractivity contribution < 1.29 is 14.3 Å². The summed E-state index contributed by atoms with van der Waals surface area (Å²) in [4.78, 5) is 34.8. The number of aromatic nitrogens is 2. The highest BCUT2D eigenvalue weighted by Gasteiger charge is 2.36. The summed E-state index contributed by atoms with van der Waals surface area (Å²) in [7, 11) is 1.34. The lowest BCUT2D eigenvalue weighted by Crippen LogP contribution is -2.53. The first-order valence-electron chi connectivity index (χ1n) is 9.38. The number of carbonyl (C=O) groups excluding carboxylic acids is 2. The van der Waals surface area contributed by atoms with Crippen LogP contribution in [0.3, 0.4) is 0 Å². The number of urea groups is 1. The fraction of sp³-hybridized carbons (Fsp3) is 0.450. The highest BCUT2D eigenvalue weighted by molar-refractivity contribution is 9.10. The summed E-state index contributed by atoms with van der Waals surface area (Å²) in [5.74, 6) is -0.464. The Balaban J connectivity index is 1.91. The Morgan fingerprint density at radius 1 is 1.39 bits per heavy atom. The molecule has 28 heavy (non-hydrogen) atoms. The van der Waals surface area contributed by atoms with Gasteiger partial charge in [-0.1, -0.05) is 48.3 Å².